The first-order valence-electron chi connectivity index (χ1n) is 8.06. The Labute approximate surface area is 148 Å². The van der Waals surface area contributed by atoms with Crippen LogP contribution in [0.2, 0.25) is 0 Å². The van der Waals surface area contributed by atoms with E-state index >= 15 is 0 Å². The van der Waals surface area contributed by atoms with Crippen LogP contribution < -0.4 is 5.32 Å². The van der Waals surface area contributed by atoms with Gasteiger partial charge in [-0.1, -0.05) is 0 Å². The molecule has 2 heterocycles. The predicted octanol–water partition coefficient (Wildman–Crippen LogP) is -5.25. The lowest BCUT2D eigenvalue weighted by Crippen LogP contribution is -2.67. The predicted molar refractivity (Wildman–Crippen MR) is 80.2 cm³/mol. The summed E-state index contributed by atoms with van der Waals surface area (Å²) in [6, 6.07) is -1.29. The Morgan fingerprint density at radius 3 is 2.08 bits per heavy atom. The molecule has 4 unspecified atom stereocenters. The Bertz CT molecular complexity index is 478. The molecule has 12 nitrogen and oxygen atoms in total. The van der Waals surface area contributed by atoms with Crippen molar-refractivity contribution >= 4 is 5.91 Å². The molecule has 0 aliphatic carbocycles. The molecule has 2 aliphatic heterocycles. The van der Waals surface area contributed by atoms with Crippen molar-refractivity contribution in [2.45, 2.75) is 68.3 Å². The maximum absolute atomic E-state index is 11.2. The van der Waals surface area contributed by atoms with Gasteiger partial charge in [0.05, 0.1) is 13.2 Å². The Kier molecular flexibility index (Phi) is 7.27. The van der Waals surface area contributed by atoms with E-state index in [4.69, 9.17) is 14.2 Å². The Morgan fingerprint density at radius 2 is 1.54 bits per heavy atom. The third-order valence-corrected chi connectivity index (χ3v) is 4.38. The number of amides is 1. The normalized spacial score (nSPS) is 46.8. The second-order valence-electron chi connectivity index (χ2n) is 6.26. The van der Waals surface area contributed by atoms with Crippen molar-refractivity contribution in [3.8, 4) is 0 Å². The molecule has 0 saturated carbocycles. The molecule has 0 spiro atoms. The van der Waals surface area contributed by atoms with Gasteiger partial charge >= 0.3 is 0 Å². The maximum Gasteiger partial charge on any atom is 0.217 e. The van der Waals surface area contributed by atoms with Crippen molar-refractivity contribution in [1.82, 2.24) is 5.32 Å². The van der Waals surface area contributed by atoms with Gasteiger partial charge in [-0.25, -0.2) is 0 Å². The van der Waals surface area contributed by atoms with Crippen molar-refractivity contribution in [3.63, 3.8) is 0 Å². The highest BCUT2D eigenvalue weighted by Crippen LogP contribution is 2.28. The fraction of sp³-hybridized carbons (Fsp3) is 0.929. The third kappa shape index (κ3) is 4.31. The van der Waals surface area contributed by atoms with Crippen molar-refractivity contribution in [1.29, 1.82) is 0 Å². The van der Waals surface area contributed by atoms with Gasteiger partial charge in [-0.15, -0.1) is 0 Å². The van der Waals surface area contributed by atoms with Crippen molar-refractivity contribution in [2.75, 3.05) is 13.2 Å². The minimum absolute atomic E-state index is 0.564. The second-order valence-corrected chi connectivity index (χ2v) is 6.26. The van der Waals surface area contributed by atoms with E-state index < -0.39 is 80.5 Å². The topological polar surface area (TPSA) is 198 Å². The van der Waals surface area contributed by atoms with Crippen LogP contribution in [-0.2, 0) is 19.0 Å². The van der Waals surface area contributed by atoms with Gasteiger partial charge in [0.2, 0.25) is 5.91 Å². The van der Waals surface area contributed by atoms with Crippen LogP contribution in [0.15, 0.2) is 0 Å². The highest BCUT2D eigenvalue weighted by molar-refractivity contribution is 5.73. The van der Waals surface area contributed by atoms with Crippen LogP contribution in [0.25, 0.3) is 0 Å². The Balaban J connectivity index is 2.16. The van der Waals surface area contributed by atoms with E-state index in [0.717, 1.165) is 6.92 Å². The minimum Gasteiger partial charge on any atom is -0.394 e. The van der Waals surface area contributed by atoms with Crippen LogP contribution in [0, 0.1) is 0 Å². The first kappa shape index (κ1) is 21.4. The summed E-state index contributed by atoms with van der Waals surface area (Å²) in [6.07, 6.45) is -13.6. The largest absolute Gasteiger partial charge is 0.394 e. The van der Waals surface area contributed by atoms with Gasteiger partial charge in [-0.3, -0.25) is 4.79 Å². The molecule has 12 heteroatoms. The lowest BCUT2D eigenvalue weighted by molar-refractivity contribution is -0.345. The number of aliphatic hydroxyl groups excluding tert-OH is 7. The van der Waals surface area contributed by atoms with Gasteiger partial charge in [-0.2, -0.15) is 0 Å². The molecule has 0 aromatic rings. The van der Waals surface area contributed by atoms with Gasteiger partial charge in [0.15, 0.2) is 12.6 Å². The lowest BCUT2D eigenvalue weighted by Gasteiger charge is -2.46. The zero-order chi connectivity index (χ0) is 19.6. The number of carbonyl (C=O) groups excluding carboxylic acids is 1. The van der Waals surface area contributed by atoms with Crippen molar-refractivity contribution < 1.29 is 54.8 Å². The first-order valence-corrected chi connectivity index (χ1v) is 8.06. The average Bonchev–Trinajstić information content (AvgIpc) is 2.60. The molecule has 1 amide bonds. The van der Waals surface area contributed by atoms with E-state index in [1.54, 1.807) is 0 Å². The van der Waals surface area contributed by atoms with E-state index in [-0.39, 0.29) is 0 Å². The molecule has 2 fully saturated rings. The minimum atomic E-state index is -1.73. The fourth-order valence-electron chi connectivity index (χ4n) is 2.98. The van der Waals surface area contributed by atoms with Crippen LogP contribution in [0.3, 0.4) is 0 Å². The van der Waals surface area contributed by atoms with Crippen LogP contribution in [0.1, 0.15) is 6.92 Å². The van der Waals surface area contributed by atoms with Gasteiger partial charge in [-0.05, 0) is 0 Å². The molecule has 2 aliphatic rings. The number of hydrogen-bond donors (Lipinski definition) is 8. The molecule has 26 heavy (non-hydrogen) atoms. The summed E-state index contributed by atoms with van der Waals surface area (Å²) in [4.78, 5) is 11.2. The molecule has 2 rings (SSSR count). The number of rotatable bonds is 5. The van der Waals surface area contributed by atoms with Crippen LogP contribution in [-0.4, -0.2) is 116 Å². The smallest absolute Gasteiger partial charge is 0.217 e. The van der Waals surface area contributed by atoms with E-state index in [1.807, 2.05) is 0 Å². The summed E-state index contributed by atoms with van der Waals surface area (Å²) in [6.45, 7) is -0.195. The van der Waals surface area contributed by atoms with E-state index in [0.29, 0.717) is 0 Å². The van der Waals surface area contributed by atoms with Crippen LogP contribution in [0.4, 0.5) is 0 Å². The molecule has 152 valence electrons. The molecule has 2 saturated heterocycles. The maximum atomic E-state index is 11.2. The fourth-order valence-corrected chi connectivity index (χ4v) is 2.98. The number of carbonyl (C=O) groups is 1. The lowest BCUT2D eigenvalue weighted by atomic mass is 9.95. The molecule has 0 bridgehead atoms. The summed E-state index contributed by atoms with van der Waals surface area (Å²) in [5.74, 6) is -0.564. The quantitative estimate of drug-likeness (QED) is 0.226. The summed E-state index contributed by atoms with van der Waals surface area (Å²) < 4.78 is 15.7. The average molecular weight is 383 g/mol. The monoisotopic (exact) mass is 383 g/mol. The van der Waals surface area contributed by atoms with Crippen LogP contribution in [0.5, 0.6) is 0 Å². The summed E-state index contributed by atoms with van der Waals surface area (Å²) in [5.41, 5.74) is 0. The summed E-state index contributed by atoms with van der Waals surface area (Å²) in [5, 5.41) is 70.7. The van der Waals surface area contributed by atoms with Gasteiger partial charge in [0, 0.05) is 6.92 Å². The Morgan fingerprint density at radius 1 is 0.923 bits per heavy atom. The SMILES string of the molecule is CC(=O)NC1[C@H](O)OC(CO)[C@H](O[C@@H]2OC(CO)[C@H](O)[C@H](O)C2O)[C@@H]1O. The highest BCUT2D eigenvalue weighted by Gasteiger charge is 2.50. The van der Waals surface area contributed by atoms with Crippen molar-refractivity contribution in [2.24, 2.45) is 0 Å². The van der Waals surface area contributed by atoms with E-state index in [9.17, 15) is 40.5 Å². The van der Waals surface area contributed by atoms with Crippen LogP contribution >= 0.6 is 0 Å². The number of aliphatic hydroxyl groups is 7. The highest BCUT2D eigenvalue weighted by atomic mass is 16.7. The zero-order valence-corrected chi connectivity index (χ0v) is 14.0. The number of nitrogens with one attached hydrogen (secondary N) is 1. The molecular weight excluding hydrogens is 358 g/mol. The van der Waals surface area contributed by atoms with Gasteiger partial charge in [0.25, 0.3) is 0 Å². The zero-order valence-electron chi connectivity index (χ0n) is 14.0. The third-order valence-electron chi connectivity index (χ3n) is 4.38. The summed E-state index contributed by atoms with van der Waals surface area (Å²) in [7, 11) is 0. The molecular formula is C14H25NO11. The van der Waals surface area contributed by atoms with E-state index in [1.165, 1.54) is 0 Å². The second kappa shape index (κ2) is 8.84. The molecule has 0 aromatic heterocycles. The van der Waals surface area contributed by atoms with Gasteiger partial charge in [0.1, 0.15) is 48.8 Å². The van der Waals surface area contributed by atoms with Gasteiger partial charge < -0.3 is 55.3 Å². The summed E-state index contributed by atoms with van der Waals surface area (Å²) >= 11 is 0. The standard InChI is InChI=1S/C14H25NO11/c1-4(18)15-7-9(20)12(6(3-17)24-13(7)23)26-14-11(22)10(21)8(19)5(2-16)25-14/h5-14,16-17,19-23H,2-3H2,1H3,(H,15,18)/t5?,6?,7?,8-,9+,10-,11?,12-,13+,14-/m0/s1. The number of hydrogen-bond acceptors (Lipinski definition) is 11. The number of ether oxygens (including phenoxy) is 3. The van der Waals surface area contributed by atoms with Crippen molar-refractivity contribution in [3.05, 3.63) is 0 Å². The molecule has 0 aromatic carbocycles. The van der Waals surface area contributed by atoms with E-state index in [2.05, 4.69) is 5.32 Å². The Hall–Kier alpha value is -0.930. The molecule has 0 radical (unpaired) electrons. The first-order chi connectivity index (χ1) is 12.2. The molecule has 10 atom stereocenters. The molecule has 8 N–H and O–H groups in total.